The Morgan fingerprint density at radius 3 is 2.47 bits per heavy atom. The molecule has 0 saturated heterocycles. The molecule has 4 N–H and O–H groups in total. The number of nitrogens with two attached hydrogens (primary N) is 2. The number of primary sulfonamides is 1. The van der Waals surface area contributed by atoms with Crippen molar-refractivity contribution in [3.05, 3.63) is 17.9 Å². The van der Waals surface area contributed by atoms with Gasteiger partial charge < -0.3 is 10.2 Å². The number of hydrogen-bond acceptors (Lipinski definition) is 5. The number of hydrogen-bond donors (Lipinski definition) is 2. The minimum absolute atomic E-state index is 0.0869. The molecule has 0 unspecified atom stereocenters. The average Bonchev–Trinajstić information content (AvgIpc) is 2.62. The van der Waals surface area contributed by atoms with Gasteiger partial charge in [-0.2, -0.15) is 0 Å². The number of amides is 1. The maximum absolute atomic E-state index is 11.1. The molecule has 0 aliphatic rings. The standard InChI is InChI=1S/C11H19N3O4S/c1-8(2)5-14(7-10(12)15)6-9-3-4-11(18-9)19(13,16)17/h3-4,8H,5-7H2,1-2H3,(H2,12,15)(H2,13,16,17). The van der Waals surface area contributed by atoms with Gasteiger partial charge in [-0.25, -0.2) is 13.6 Å². The number of rotatable bonds is 7. The summed E-state index contributed by atoms with van der Waals surface area (Å²) in [6, 6.07) is 2.82. The molecule has 108 valence electrons. The number of carbonyl (C=O) groups is 1. The number of furan rings is 1. The minimum Gasteiger partial charge on any atom is -0.447 e. The zero-order chi connectivity index (χ0) is 14.6. The van der Waals surface area contributed by atoms with E-state index < -0.39 is 15.9 Å². The maximum Gasteiger partial charge on any atom is 0.271 e. The van der Waals surface area contributed by atoms with E-state index in [-0.39, 0.29) is 11.6 Å². The highest BCUT2D eigenvalue weighted by Crippen LogP contribution is 2.14. The Labute approximate surface area is 112 Å². The number of primary amides is 1. The lowest BCUT2D eigenvalue weighted by atomic mass is 10.2. The van der Waals surface area contributed by atoms with E-state index in [1.165, 1.54) is 12.1 Å². The third-order valence-electron chi connectivity index (χ3n) is 2.30. The first-order valence-corrected chi connectivity index (χ1v) is 7.35. The molecule has 0 spiro atoms. The van der Waals surface area contributed by atoms with Crippen LogP contribution in [0.3, 0.4) is 0 Å². The summed E-state index contributed by atoms with van der Waals surface area (Å²) in [7, 11) is -3.84. The van der Waals surface area contributed by atoms with E-state index in [0.717, 1.165) is 0 Å². The van der Waals surface area contributed by atoms with Crippen molar-refractivity contribution < 1.29 is 17.6 Å². The Morgan fingerprint density at radius 1 is 1.42 bits per heavy atom. The largest absolute Gasteiger partial charge is 0.447 e. The normalized spacial score (nSPS) is 12.3. The molecule has 0 fully saturated rings. The Morgan fingerprint density at radius 2 is 2.05 bits per heavy atom. The molecule has 0 atom stereocenters. The fourth-order valence-corrected chi connectivity index (χ4v) is 2.22. The van der Waals surface area contributed by atoms with Crippen LogP contribution in [0.15, 0.2) is 21.6 Å². The van der Waals surface area contributed by atoms with Crippen LogP contribution in [0.2, 0.25) is 0 Å². The van der Waals surface area contributed by atoms with Gasteiger partial charge in [0.2, 0.25) is 11.0 Å². The summed E-state index contributed by atoms with van der Waals surface area (Å²) in [4.78, 5) is 12.8. The van der Waals surface area contributed by atoms with E-state index in [4.69, 9.17) is 15.3 Å². The predicted molar refractivity (Wildman–Crippen MR) is 69.4 cm³/mol. The molecule has 0 saturated carbocycles. The molecule has 8 heteroatoms. The maximum atomic E-state index is 11.1. The molecule has 0 bridgehead atoms. The van der Waals surface area contributed by atoms with Crippen molar-refractivity contribution in [2.75, 3.05) is 13.1 Å². The molecule has 0 aliphatic carbocycles. The first-order chi connectivity index (χ1) is 8.68. The van der Waals surface area contributed by atoms with Crippen LogP contribution in [0.1, 0.15) is 19.6 Å². The molecule has 1 aromatic rings. The molecule has 0 aromatic carbocycles. The first kappa shape index (κ1) is 15.7. The smallest absolute Gasteiger partial charge is 0.271 e. The van der Waals surface area contributed by atoms with E-state index in [1.807, 2.05) is 13.8 Å². The van der Waals surface area contributed by atoms with E-state index in [1.54, 1.807) is 4.90 Å². The summed E-state index contributed by atoms with van der Waals surface area (Å²) in [5.41, 5.74) is 5.17. The molecular formula is C11H19N3O4S. The highest BCUT2D eigenvalue weighted by atomic mass is 32.2. The van der Waals surface area contributed by atoms with Crippen LogP contribution >= 0.6 is 0 Å². The van der Waals surface area contributed by atoms with Crippen molar-refractivity contribution in [1.82, 2.24) is 4.90 Å². The Balaban J connectivity index is 2.78. The van der Waals surface area contributed by atoms with E-state index in [2.05, 4.69) is 0 Å². The second-order valence-electron chi connectivity index (χ2n) is 4.80. The summed E-state index contributed by atoms with van der Waals surface area (Å²) < 4.78 is 27.3. The quantitative estimate of drug-likeness (QED) is 0.724. The fraction of sp³-hybridized carbons (Fsp3) is 0.545. The van der Waals surface area contributed by atoms with E-state index in [0.29, 0.717) is 24.8 Å². The molecular weight excluding hydrogens is 270 g/mol. The summed E-state index contributed by atoms with van der Waals surface area (Å²) in [6.45, 7) is 5.05. The lowest BCUT2D eigenvalue weighted by molar-refractivity contribution is -0.119. The highest BCUT2D eigenvalue weighted by Gasteiger charge is 2.16. The van der Waals surface area contributed by atoms with Crippen LogP contribution in [0, 0.1) is 5.92 Å². The molecule has 1 rings (SSSR count). The zero-order valence-electron chi connectivity index (χ0n) is 11.0. The van der Waals surface area contributed by atoms with Gasteiger partial charge in [0.1, 0.15) is 5.76 Å². The molecule has 0 aliphatic heterocycles. The molecule has 0 radical (unpaired) electrons. The lowest BCUT2D eigenvalue weighted by Crippen LogP contribution is -2.35. The Bertz CT molecular complexity index is 536. The van der Waals surface area contributed by atoms with Crippen LogP contribution in [0.5, 0.6) is 0 Å². The Kier molecular flexibility index (Phi) is 5.10. The number of nitrogens with zero attached hydrogens (tertiary/aromatic N) is 1. The predicted octanol–water partition coefficient (Wildman–Crippen LogP) is -0.130. The van der Waals surface area contributed by atoms with Gasteiger partial charge in [-0.3, -0.25) is 9.69 Å². The first-order valence-electron chi connectivity index (χ1n) is 5.80. The van der Waals surface area contributed by atoms with Crippen molar-refractivity contribution in [2.24, 2.45) is 16.8 Å². The highest BCUT2D eigenvalue weighted by molar-refractivity contribution is 7.89. The van der Waals surface area contributed by atoms with Gasteiger partial charge in [-0.15, -0.1) is 0 Å². The lowest BCUT2D eigenvalue weighted by Gasteiger charge is -2.21. The van der Waals surface area contributed by atoms with E-state index in [9.17, 15) is 13.2 Å². The summed E-state index contributed by atoms with van der Waals surface area (Å²) in [5.74, 6) is 0.317. The fourth-order valence-electron chi connectivity index (χ4n) is 1.74. The summed E-state index contributed by atoms with van der Waals surface area (Å²) in [6.07, 6.45) is 0. The van der Waals surface area contributed by atoms with Crippen molar-refractivity contribution in [3.63, 3.8) is 0 Å². The van der Waals surface area contributed by atoms with Gasteiger partial charge in [-0.1, -0.05) is 13.8 Å². The second kappa shape index (κ2) is 6.18. The zero-order valence-corrected chi connectivity index (χ0v) is 11.8. The van der Waals surface area contributed by atoms with Crippen LogP contribution < -0.4 is 10.9 Å². The minimum atomic E-state index is -3.84. The van der Waals surface area contributed by atoms with Crippen LogP contribution in [-0.4, -0.2) is 32.3 Å². The molecule has 1 aromatic heterocycles. The van der Waals surface area contributed by atoms with Gasteiger partial charge in [-0.05, 0) is 18.1 Å². The number of sulfonamides is 1. The topological polar surface area (TPSA) is 120 Å². The van der Waals surface area contributed by atoms with Crippen LogP contribution in [-0.2, 0) is 21.4 Å². The monoisotopic (exact) mass is 289 g/mol. The third kappa shape index (κ3) is 5.41. The SMILES string of the molecule is CC(C)CN(CC(N)=O)Cc1ccc(S(N)(=O)=O)o1. The van der Waals surface area contributed by atoms with Gasteiger partial charge in [0.05, 0.1) is 13.1 Å². The van der Waals surface area contributed by atoms with Gasteiger partial charge in [0.25, 0.3) is 10.0 Å². The van der Waals surface area contributed by atoms with Crippen molar-refractivity contribution in [1.29, 1.82) is 0 Å². The third-order valence-corrected chi connectivity index (χ3v) is 3.08. The number of carbonyl (C=O) groups excluding carboxylic acids is 1. The summed E-state index contributed by atoms with van der Waals surface area (Å²) >= 11 is 0. The van der Waals surface area contributed by atoms with Gasteiger partial charge >= 0.3 is 0 Å². The van der Waals surface area contributed by atoms with Crippen molar-refractivity contribution in [2.45, 2.75) is 25.5 Å². The van der Waals surface area contributed by atoms with Crippen LogP contribution in [0.4, 0.5) is 0 Å². The second-order valence-corrected chi connectivity index (χ2v) is 6.29. The van der Waals surface area contributed by atoms with Crippen molar-refractivity contribution >= 4 is 15.9 Å². The molecule has 7 nitrogen and oxygen atoms in total. The van der Waals surface area contributed by atoms with Crippen molar-refractivity contribution in [3.8, 4) is 0 Å². The average molecular weight is 289 g/mol. The van der Waals surface area contributed by atoms with E-state index >= 15 is 0 Å². The molecule has 1 heterocycles. The van der Waals surface area contributed by atoms with Gasteiger partial charge in [0.15, 0.2) is 0 Å². The molecule has 19 heavy (non-hydrogen) atoms. The van der Waals surface area contributed by atoms with Crippen LogP contribution in [0.25, 0.3) is 0 Å². The van der Waals surface area contributed by atoms with Gasteiger partial charge in [0, 0.05) is 6.54 Å². The Hall–Kier alpha value is -1.38. The molecule has 1 amide bonds. The summed E-state index contributed by atoms with van der Waals surface area (Å²) in [5, 5.41) is 4.67.